The van der Waals surface area contributed by atoms with Gasteiger partial charge in [-0.25, -0.2) is 0 Å². The maximum atomic E-state index is 13.8. The number of carbonyl (C=O) groups is 2. The smallest absolute Gasteiger partial charge is 0.503 e. The number of alkyl halides is 3. The number of carbonyl (C=O) groups excluding carboxylic acids is 2. The summed E-state index contributed by atoms with van der Waals surface area (Å²) in [6.45, 7) is 1.79. The van der Waals surface area contributed by atoms with Gasteiger partial charge in [0.1, 0.15) is 5.75 Å². The summed E-state index contributed by atoms with van der Waals surface area (Å²) < 4.78 is 53.7. The minimum absolute atomic E-state index is 0.0272. The fraction of sp³-hybridized carbons (Fsp3) is 0.143. The molecule has 1 unspecified atom stereocenters. The van der Waals surface area contributed by atoms with E-state index in [0.717, 1.165) is 22.6 Å². The quantitative estimate of drug-likeness (QED) is 0.255. The molecule has 0 saturated heterocycles. The molecule has 4 aromatic rings. The molecule has 1 N–H and O–H groups in total. The number of nitrogens with zero attached hydrogens (tertiary/aromatic N) is 1. The number of Topliss-reactive ketones (excluding diaryl/α,β-unsaturated/α-hetero) is 1. The number of halogens is 4. The monoisotopic (exact) mass is 557 g/mol. The van der Waals surface area contributed by atoms with Crippen LogP contribution in [0.1, 0.15) is 27.7 Å². The van der Waals surface area contributed by atoms with E-state index in [1.54, 1.807) is 37.3 Å². The Bertz CT molecular complexity index is 1660. The third-order valence-electron chi connectivity index (χ3n) is 6.13. The first-order valence-corrected chi connectivity index (χ1v) is 11.9. The summed E-state index contributed by atoms with van der Waals surface area (Å²) >= 11 is 6.13. The van der Waals surface area contributed by atoms with E-state index in [4.69, 9.17) is 20.8 Å². The van der Waals surface area contributed by atoms with Gasteiger partial charge in [-0.2, -0.15) is 0 Å². The lowest BCUT2D eigenvalue weighted by atomic mass is 9.94. The average Bonchev–Trinajstić information content (AvgIpc) is 3.41. The van der Waals surface area contributed by atoms with Gasteiger partial charge in [-0.3, -0.25) is 14.5 Å². The molecule has 200 valence electrons. The Labute approximate surface area is 224 Å². The number of benzene rings is 3. The molecule has 3 aromatic carbocycles. The third-order valence-corrected chi connectivity index (χ3v) is 6.35. The van der Waals surface area contributed by atoms with Crippen molar-refractivity contribution in [3.8, 4) is 11.5 Å². The van der Waals surface area contributed by atoms with E-state index in [1.807, 2.05) is 0 Å². The standard InChI is InChI=1S/C28H19ClF3NO6/c1-14-5-3-6-15(9-14)23-22(24(34)20-11-16-10-17(29)12-21(37-2)26(16)38-20)25(35)27(36)33(23)18-7-4-8-19(13-18)39-28(30,31)32/h3-13,23,35H,1-2H3. The number of fused-ring (bicyclic) bond motifs is 1. The van der Waals surface area contributed by atoms with E-state index in [9.17, 15) is 27.9 Å². The summed E-state index contributed by atoms with van der Waals surface area (Å²) in [6.07, 6.45) is -4.96. The molecule has 0 saturated carbocycles. The van der Waals surface area contributed by atoms with E-state index in [0.29, 0.717) is 16.0 Å². The van der Waals surface area contributed by atoms with E-state index in [-0.39, 0.29) is 28.4 Å². The van der Waals surface area contributed by atoms with Gasteiger partial charge in [0, 0.05) is 28.2 Å². The van der Waals surface area contributed by atoms with E-state index >= 15 is 0 Å². The number of hydrogen-bond acceptors (Lipinski definition) is 6. The van der Waals surface area contributed by atoms with Gasteiger partial charge >= 0.3 is 6.36 Å². The van der Waals surface area contributed by atoms with Crippen molar-refractivity contribution in [2.45, 2.75) is 19.3 Å². The Morgan fingerprint density at radius 2 is 1.82 bits per heavy atom. The molecule has 39 heavy (non-hydrogen) atoms. The Hall–Kier alpha value is -4.44. The minimum atomic E-state index is -4.96. The highest BCUT2D eigenvalue weighted by Crippen LogP contribution is 2.44. The zero-order valence-corrected chi connectivity index (χ0v) is 21.1. The molecule has 1 amide bonds. The highest BCUT2D eigenvalue weighted by Gasteiger charge is 2.45. The average molecular weight is 558 g/mol. The molecule has 1 aliphatic rings. The lowest BCUT2D eigenvalue weighted by molar-refractivity contribution is -0.274. The number of ether oxygens (including phenoxy) is 2. The molecule has 11 heteroatoms. The van der Waals surface area contributed by atoms with Crippen molar-refractivity contribution in [3.63, 3.8) is 0 Å². The summed E-state index contributed by atoms with van der Waals surface area (Å²) in [5, 5.41) is 11.8. The van der Waals surface area contributed by atoms with Crippen LogP contribution in [0.5, 0.6) is 11.5 Å². The third kappa shape index (κ3) is 4.90. The van der Waals surface area contributed by atoms with Gasteiger partial charge in [0.2, 0.25) is 5.78 Å². The largest absolute Gasteiger partial charge is 0.573 e. The van der Waals surface area contributed by atoms with Crippen molar-refractivity contribution in [3.05, 3.63) is 100.0 Å². The van der Waals surface area contributed by atoms with Crippen LogP contribution in [-0.2, 0) is 4.79 Å². The van der Waals surface area contributed by atoms with Crippen LogP contribution in [0.15, 0.2) is 82.5 Å². The van der Waals surface area contributed by atoms with Crippen LogP contribution in [0.2, 0.25) is 5.02 Å². The number of furan rings is 1. The first-order chi connectivity index (χ1) is 18.5. The van der Waals surface area contributed by atoms with Crippen LogP contribution in [-0.4, -0.2) is 30.3 Å². The molecule has 0 bridgehead atoms. The lowest BCUT2D eigenvalue weighted by Crippen LogP contribution is -2.31. The molecule has 1 aromatic heterocycles. The van der Waals surface area contributed by atoms with Crippen LogP contribution in [0, 0.1) is 6.92 Å². The lowest BCUT2D eigenvalue weighted by Gasteiger charge is -2.27. The molecule has 0 spiro atoms. The normalized spacial score (nSPS) is 15.8. The first kappa shape index (κ1) is 26.2. The fourth-order valence-corrected chi connectivity index (χ4v) is 4.79. The number of anilines is 1. The zero-order valence-electron chi connectivity index (χ0n) is 20.4. The minimum Gasteiger partial charge on any atom is -0.503 e. The molecule has 0 radical (unpaired) electrons. The maximum absolute atomic E-state index is 13.8. The predicted molar refractivity (Wildman–Crippen MR) is 136 cm³/mol. The Morgan fingerprint density at radius 3 is 2.51 bits per heavy atom. The van der Waals surface area contributed by atoms with Gasteiger partial charge in [0.25, 0.3) is 5.91 Å². The van der Waals surface area contributed by atoms with Gasteiger partial charge in [-0.1, -0.05) is 47.5 Å². The number of methoxy groups -OCH3 is 1. The first-order valence-electron chi connectivity index (χ1n) is 11.5. The molecule has 0 aliphatic carbocycles. The maximum Gasteiger partial charge on any atom is 0.573 e. The number of amides is 1. The fourth-order valence-electron chi connectivity index (χ4n) is 4.57. The summed E-state index contributed by atoms with van der Waals surface area (Å²) in [4.78, 5) is 28.2. The summed E-state index contributed by atoms with van der Waals surface area (Å²) in [5.41, 5.74) is 1.12. The number of aliphatic hydroxyl groups is 1. The van der Waals surface area contributed by atoms with Crippen LogP contribution >= 0.6 is 11.6 Å². The van der Waals surface area contributed by atoms with Gasteiger partial charge in [-0.05, 0) is 36.8 Å². The summed E-state index contributed by atoms with van der Waals surface area (Å²) in [5.74, 6) is -3.14. The topological polar surface area (TPSA) is 89.2 Å². The highest BCUT2D eigenvalue weighted by molar-refractivity contribution is 6.31. The highest BCUT2D eigenvalue weighted by atomic mass is 35.5. The van der Waals surface area contributed by atoms with Crippen molar-refractivity contribution in [2.24, 2.45) is 0 Å². The Kier molecular flexibility index (Phi) is 6.51. The molecular weight excluding hydrogens is 539 g/mol. The van der Waals surface area contributed by atoms with E-state index in [1.165, 1.54) is 31.4 Å². The number of hydrogen-bond donors (Lipinski definition) is 1. The van der Waals surface area contributed by atoms with E-state index < -0.39 is 35.6 Å². The predicted octanol–water partition coefficient (Wildman–Crippen LogP) is 7.08. The SMILES string of the molecule is COc1cc(Cl)cc2cc(C(=O)C3=C(O)C(=O)N(c4cccc(OC(F)(F)F)c4)C3c3cccc(C)c3)oc12. The second-order valence-electron chi connectivity index (χ2n) is 8.77. The van der Waals surface area contributed by atoms with Crippen LogP contribution in [0.3, 0.4) is 0 Å². The van der Waals surface area contributed by atoms with Crippen LogP contribution in [0.4, 0.5) is 18.9 Å². The molecule has 5 rings (SSSR count). The molecule has 0 fully saturated rings. The number of ketones is 1. The van der Waals surface area contributed by atoms with Gasteiger partial charge in [0.05, 0.1) is 18.7 Å². The molecule has 7 nitrogen and oxygen atoms in total. The van der Waals surface area contributed by atoms with Gasteiger partial charge in [0.15, 0.2) is 22.9 Å². The van der Waals surface area contributed by atoms with Crippen molar-refractivity contribution in [1.29, 1.82) is 0 Å². The molecule has 1 aliphatic heterocycles. The second kappa shape index (κ2) is 9.70. The Morgan fingerprint density at radius 1 is 1.08 bits per heavy atom. The summed E-state index contributed by atoms with van der Waals surface area (Å²) in [7, 11) is 1.40. The van der Waals surface area contributed by atoms with Crippen molar-refractivity contribution < 1.29 is 41.8 Å². The van der Waals surface area contributed by atoms with Crippen molar-refractivity contribution in [1.82, 2.24) is 0 Å². The molecule has 2 heterocycles. The van der Waals surface area contributed by atoms with E-state index in [2.05, 4.69) is 4.74 Å². The van der Waals surface area contributed by atoms with Gasteiger partial charge < -0.3 is 19.0 Å². The van der Waals surface area contributed by atoms with Gasteiger partial charge in [-0.15, -0.1) is 13.2 Å². The zero-order chi connectivity index (χ0) is 28.1. The number of aryl methyl sites for hydroxylation is 1. The summed E-state index contributed by atoms with van der Waals surface area (Å²) in [6, 6.07) is 14.8. The van der Waals surface area contributed by atoms with Crippen molar-refractivity contribution in [2.75, 3.05) is 12.0 Å². The van der Waals surface area contributed by atoms with Crippen LogP contribution in [0.25, 0.3) is 11.0 Å². The number of aliphatic hydroxyl groups excluding tert-OH is 1. The molecular formula is C28H19ClF3NO6. The Balaban J connectivity index is 1.64. The van der Waals surface area contributed by atoms with Crippen molar-refractivity contribution >= 4 is 39.9 Å². The second-order valence-corrected chi connectivity index (χ2v) is 9.20. The van der Waals surface area contributed by atoms with Crippen LogP contribution < -0.4 is 14.4 Å². The number of rotatable bonds is 6. The molecule has 1 atom stereocenters.